The fourth-order valence-corrected chi connectivity index (χ4v) is 3.61. The lowest BCUT2D eigenvalue weighted by atomic mass is 10.1. The van der Waals surface area contributed by atoms with E-state index in [4.69, 9.17) is 0 Å². The van der Waals surface area contributed by atoms with Crippen molar-refractivity contribution in [1.29, 1.82) is 0 Å². The van der Waals surface area contributed by atoms with Crippen LogP contribution in [-0.2, 0) is 6.54 Å². The van der Waals surface area contributed by atoms with Crippen LogP contribution in [0.3, 0.4) is 0 Å². The minimum absolute atomic E-state index is 0.146. The van der Waals surface area contributed by atoms with E-state index in [1.165, 1.54) is 28.2 Å². The molecule has 8 heteroatoms. The molecule has 26 heavy (non-hydrogen) atoms. The van der Waals surface area contributed by atoms with E-state index in [-0.39, 0.29) is 17.1 Å². The second-order valence-electron chi connectivity index (χ2n) is 5.60. The first-order chi connectivity index (χ1) is 12.6. The summed E-state index contributed by atoms with van der Waals surface area (Å²) in [7, 11) is 0. The van der Waals surface area contributed by atoms with E-state index in [9.17, 15) is 14.0 Å². The van der Waals surface area contributed by atoms with Crippen molar-refractivity contribution in [3.05, 3.63) is 64.3 Å². The van der Waals surface area contributed by atoms with Crippen molar-refractivity contribution < 1.29 is 9.18 Å². The Balaban J connectivity index is 1.78. The van der Waals surface area contributed by atoms with Crippen LogP contribution in [0.5, 0.6) is 0 Å². The Labute approximate surface area is 150 Å². The van der Waals surface area contributed by atoms with Crippen molar-refractivity contribution in [3.63, 3.8) is 0 Å². The number of nitrogens with one attached hydrogen (secondary N) is 1. The summed E-state index contributed by atoms with van der Waals surface area (Å²) in [6, 6.07) is 11.1. The first kappa shape index (κ1) is 16.3. The van der Waals surface area contributed by atoms with Gasteiger partial charge in [-0.2, -0.15) is 5.10 Å². The highest BCUT2D eigenvalue weighted by Gasteiger charge is 2.17. The largest absolute Gasteiger partial charge is 0.296 e. The molecule has 2 heterocycles. The van der Waals surface area contributed by atoms with Crippen LogP contribution in [0.25, 0.3) is 21.0 Å². The molecule has 0 radical (unpaired) electrons. The molecule has 0 saturated heterocycles. The van der Waals surface area contributed by atoms with Gasteiger partial charge in [0.15, 0.2) is 10.8 Å². The van der Waals surface area contributed by atoms with Gasteiger partial charge in [-0.25, -0.2) is 14.1 Å². The number of carbonyl (C=O) groups excluding carboxylic acids is 1. The number of anilines is 1. The molecule has 4 rings (SSSR count). The number of rotatable bonds is 3. The van der Waals surface area contributed by atoms with Crippen molar-refractivity contribution in [2.75, 3.05) is 5.32 Å². The van der Waals surface area contributed by atoms with Crippen molar-refractivity contribution in [1.82, 2.24) is 14.8 Å². The highest BCUT2D eigenvalue weighted by molar-refractivity contribution is 7.22. The second kappa shape index (κ2) is 6.30. The van der Waals surface area contributed by atoms with E-state index in [1.807, 2.05) is 0 Å². The van der Waals surface area contributed by atoms with Gasteiger partial charge in [-0.1, -0.05) is 29.5 Å². The molecule has 0 saturated carbocycles. The molecule has 0 unspecified atom stereocenters. The van der Waals surface area contributed by atoms with Crippen LogP contribution in [-0.4, -0.2) is 20.7 Å². The normalized spacial score (nSPS) is 11.2. The summed E-state index contributed by atoms with van der Waals surface area (Å²) in [5.41, 5.74) is 0.505. The van der Waals surface area contributed by atoms with Gasteiger partial charge in [0.05, 0.1) is 15.6 Å². The van der Waals surface area contributed by atoms with Gasteiger partial charge in [0.1, 0.15) is 5.82 Å². The molecule has 0 aliphatic heterocycles. The Morgan fingerprint density at radius 3 is 2.77 bits per heavy atom. The highest BCUT2D eigenvalue weighted by Crippen LogP contribution is 2.27. The van der Waals surface area contributed by atoms with Crippen LogP contribution < -0.4 is 10.9 Å². The molecular weight excluding hydrogens is 355 g/mol. The average Bonchev–Trinajstić information content (AvgIpc) is 3.03. The van der Waals surface area contributed by atoms with E-state index >= 15 is 0 Å². The number of aryl methyl sites for hydroxylation is 1. The number of carbonyl (C=O) groups is 1. The minimum atomic E-state index is -0.470. The number of benzene rings is 2. The topological polar surface area (TPSA) is 76.9 Å². The molecule has 0 aliphatic rings. The number of nitrogens with zero attached hydrogens (tertiary/aromatic N) is 3. The standard InChI is InChI=1S/C18H13FN4O2S/c1-2-23-17(25)12-6-4-3-5-11(12)15(22-23)16(24)21-18-20-13-8-7-10(19)9-14(13)26-18/h3-9H,2H2,1H3,(H,20,21,24). The average molecular weight is 368 g/mol. The number of thiazole rings is 1. The Morgan fingerprint density at radius 2 is 2.00 bits per heavy atom. The Morgan fingerprint density at radius 1 is 1.23 bits per heavy atom. The lowest BCUT2D eigenvalue weighted by Crippen LogP contribution is -2.27. The fourth-order valence-electron chi connectivity index (χ4n) is 2.73. The van der Waals surface area contributed by atoms with Crippen LogP contribution in [0.15, 0.2) is 47.3 Å². The summed E-state index contributed by atoms with van der Waals surface area (Å²) in [5, 5.41) is 8.14. The lowest BCUT2D eigenvalue weighted by Gasteiger charge is -2.08. The summed E-state index contributed by atoms with van der Waals surface area (Å²) in [6.07, 6.45) is 0. The minimum Gasteiger partial charge on any atom is -0.296 e. The maximum absolute atomic E-state index is 13.3. The molecule has 0 atom stereocenters. The van der Waals surface area contributed by atoms with Crippen LogP contribution in [0.2, 0.25) is 0 Å². The van der Waals surface area contributed by atoms with E-state index in [1.54, 1.807) is 37.3 Å². The molecule has 1 amide bonds. The number of hydrogen-bond donors (Lipinski definition) is 1. The van der Waals surface area contributed by atoms with Gasteiger partial charge in [0.2, 0.25) is 0 Å². The predicted molar refractivity (Wildman–Crippen MR) is 99.2 cm³/mol. The first-order valence-electron chi connectivity index (χ1n) is 7.94. The summed E-state index contributed by atoms with van der Waals surface area (Å²) >= 11 is 1.17. The molecule has 2 aromatic carbocycles. The fraction of sp³-hybridized carbons (Fsp3) is 0.111. The van der Waals surface area contributed by atoms with E-state index in [0.29, 0.717) is 32.7 Å². The molecule has 2 aromatic heterocycles. The Kier molecular flexibility index (Phi) is 3.96. The summed E-state index contributed by atoms with van der Waals surface area (Å²) < 4.78 is 15.2. The quantitative estimate of drug-likeness (QED) is 0.601. The zero-order chi connectivity index (χ0) is 18.3. The summed E-state index contributed by atoms with van der Waals surface area (Å²) in [4.78, 5) is 29.4. The third kappa shape index (κ3) is 2.74. The zero-order valence-electron chi connectivity index (χ0n) is 13.7. The van der Waals surface area contributed by atoms with Crippen molar-refractivity contribution in [3.8, 4) is 0 Å². The molecule has 0 spiro atoms. The maximum Gasteiger partial charge on any atom is 0.278 e. The number of amides is 1. The van der Waals surface area contributed by atoms with Gasteiger partial charge in [-0.15, -0.1) is 0 Å². The smallest absolute Gasteiger partial charge is 0.278 e. The van der Waals surface area contributed by atoms with Crippen molar-refractivity contribution in [2.24, 2.45) is 0 Å². The monoisotopic (exact) mass is 368 g/mol. The molecule has 4 aromatic rings. The van der Waals surface area contributed by atoms with Crippen LogP contribution in [0, 0.1) is 5.82 Å². The number of aromatic nitrogens is 3. The van der Waals surface area contributed by atoms with E-state index in [2.05, 4.69) is 15.4 Å². The van der Waals surface area contributed by atoms with Crippen molar-refractivity contribution >= 4 is 43.4 Å². The third-order valence-electron chi connectivity index (χ3n) is 3.95. The van der Waals surface area contributed by atoms with Gasteiger partial charge < -0.3 is 0 Å². The molecule has 130 valence electrons. The SMILES string of the molecule is CCn1nc(C(=O)Nc2nc3ccc(F)cc3s2)c2ccccc2c1=O. The predicted octanol–water partition coefficient (Wildman–Crippen LogP) is 3.42. The van der Waals surface area contributed by atoms with Gasteiger partial charge >= 0.3 is 0 Å². The van der Waals surface area contributed by atoms with Gasteiger partial charge in [0.25, 0.3) is 11.5 Å². The molecule has 6 nitrogen and oxygen atoms in total. The van der Waals surface area contributed by atoms with E-state index < -0.39 is 5.91 Å². The van der Waals surface area contributed by atoms with Crippen LogP contribution in [0.4, 0.5) is 9.52 Å². The highest BCUT2D eigenvalue weighted by atomic mass is 32.1. The zero-order valence-corrected chi connectivity index (χ0v) is 14.5. The van der Waals surface area contributed by atoms with E-state index in [0.717, 1.165) is 0 Å². The number of halogens is 1. The van der Waals surface area contributed by atoms with Crippen molar-refractivity contribution in [2.45, 2.75) is 13.5 Å². The van der Waals surface area contributed by atoms with Gasteiger partial charge in [-0.3, -0.25) is 14.9 Å². The summed E-state index contributed by atoms with van der Waals surface area (Å²) in [6.45, 7) is 2.14. The van der Waals surface area contributed by atoms with Gasteiger partial charge in [-0.05, 0) is 31.2 Å². The molecule has 0 aliphatic carbocycles. The molecule has 1 N–H and O–H groups in total. The van der Waals surface area contributed by atoms with Crippen LogP contribution >= 0.6 is 11.3 Å². The number of hydrogen-bond acceptors (Lipinski definition) is 5. The molecular formula is C18H13FN4O2S. The molecule has 0 fully saturated rings. The summed E-state index contributed by atoms with van der Waals surface area (Å²) in [5.74, 6) is -0.829. The lowest BCUT2D eigenvalue weighted by molar-refractivity contribution is 0.102. The molecule has 0 bridgehead atoms. The maximum atomic E-state index is 13.3. The first-order valence-corrected chi connectivity index (χ1v) is 8.76. The Bertz CT molecular complexity index is 1210. The van der Waals surface area contributed by atoms with Crippen LogP contribution in [0.1, 0.15) is 17.4 Å². The Hall–Kier alpha value is -3.13. The number of fused-ring (bicyclic) bond motifs is 2. The van der Waals surface area contributed by atoms with Gasteiger partial charge in [0, 0.05) is 11.9 Å². The third-order valence-corrected chi connectivity index (χ3v) is 4.89. The second-order valence-corrected chi connectivity index (χ2v) is 6.63.